The van der Waals surface area contributed by atoms with Crippen molar-refractivity contribution in [3.8, 4) is 5.75 Å². The maximum atomic E-state index is 11.8. The van der Waals surface area contributed by atoms with Gasteiger partial charge in [-0.2, -0.15) is 0 Å². The largest absolute Gasteiger partial charge is 0.492 e. The monoisotopic (exact) mass is 218 g/mol. The van der Waals surface area contributed by atoms with Gasteiger partial charge < -0.3 is 9.84 Å². The number of carboxylic acids is 1. The van der Waals surface area contributed by atoms with E-state index in [9.17, 15) is 9.18 Å². The highest BCUT2D eigenvalue weighted by atomic mass is 32.1. The summed E-state index contributed by atoms with van der Waals surface area (Å²) < 4.78 is 16.9. The van der Waals surface area contributed by atoms with Crippen molar-refractivity contribution in [1.82, 2.24) is 0 Å². The van der Waals surface area contributed by atoms with E-state index >= 15 is 0 Å². The molecule has 14 heavy (non-hydrogen) atoms. The number of rotatable bonds is 5. The van der Waals surface area contributed by atoms with E-state index in [4.69, 9.17) is 9.84 Å². The molecular formula is C9H11FO3S. The van der Waals surface area contributed by atoms with Crippen LogP contribution in [-0.4, -0.2) is 24.4 Å². The van der Waals surface area contributed by atoms with Gasteiger partial charge in [0.15, 0.2) is 4.88 Å². The van der Waals surface area contributed by atoms with Gasteiger partial charge in [0.05, 0.1) is 13.3 Å². The number of thiophene rings is 1. The molecule has 3 nitrogen and oxygen atoms in total. The zero-order chi connectivity index (χ0) is 10.6. The number of carboxylic acid groups (broad SMARTS) is 1. The van der Waals surface area contributed by atoms with Gasteiger partial charge in [-0.25, -0.2) is 4.79 Å². The lowest BCUT2D eigenvalue weighted by Gasteiger charge is -2.02. The van der Waals surface area contributed by atoms with Crippen molar-refractivity contribution in [2.24, 2.45) is 0 Å². The lowest BCUT2D eigenvalue weighted by molar-refractivity contribution is 0.0698. The molecule has 1 heterocycles. The first-order chi connectivity index (χ1) is 6.65. The highest BCUT2D eigenvalue weighted by Gasteiger charge is 2.14. The van der Waals surface area contributed by atoms with Gasteiger partial charge in [0.1, 0.15) is 5.75 Å². The molecule has 5 heteroatoms. The Labute approximate surface area is 85.1 Å². The third kappa shape index (κ3) is 2.70. The molecular weight excluding hydrogens is 207 g/mol. The molecule has 1 aromatic rings. The molecule has 1 rings (SSSR count). The second-order valence-electron chi connectivity index (χ2n) is 2.75. The van der Waals surface area contributed by atoms with Crippen LogP contribution >= 0.6 is 11.3 Å². The Morgan fingerprint density at radius 1 is 1.71 bits per heavy atom. The molecule has 0 radical (unpaired) electrons. The number of alkyl halides is 1. The number of hydrogen-bond acceptors (Lipinski definition) is 3. The molecule has 0 bridgehead atoms. The van der Waals surface area contributed by atoms with Crippen LogP contribution in [0.1, 0.15) is 21.0 Å². The summed E-state index contributed by atoms with van der Waals surface area (Å²) >= 11 is 1.16. The van der Waals surface area contributed by atoms with Crippen LogP contribution in [0.15, 0.2) is 6.07 Å². The zero-order valence-electron chi connectivity index (χ0n) is 7.75. The lowest BCUT2D eigenvalue weighted by atomic mass is 10.4. The van der Waals surface area contributed by atoms with Crippen molar-refractivity contribution < 1.29 is 19.0 Å². The number of aryl methyl sites for hydroxylation is 1. The number of aromatic carboxylic acids is 1. The molecule has 0 spiro atoms. The van der Waals surface area contributed by atoms with E-state index in [1.165, 1.54) is 0 Å². The average molecular weight is 218 g/mol. The number of halogens is 1. The smallest absolute Gasteiger partial charge is 0.349 e. The second-order valence-corrected chi connectivity index (χ2v) is 4.00. The van der Waals surface area contributed by atoms with Crippen LogP contribution in [0, 0.1) is 6.92 Å². The molecule has 0 fully saturated rings. The minimum absolute atomic E-state index is 0.182. The molecule has 0 unspecified atom stereocenters. The molecule has 0 atom stereocenters. The first-order valence-electron chi connectivity index (χ1n) is 4.17. The zero-order valence-corrected chi connectivity index (χ0v) is 8.57. The summed E-state index contributed by atoms with van der Waals surface area (Å²) in [6.07, 6.45) is 0.286. The van der Waals surface area contributed by atoms with Crippen LogP contribution in [0.2, 0.25) is 0 Å². The number of carbonyl (C=O) groups is 1. The van der Waals surface area contributed by atoms with E-state index in [0.717, 1.165) is 16.2 Å². The first kappa shape index (κ1) is 11.0. The maximum absolute atomic E-state index is 11.8. The molecule has 0 aliphatic rings. The van der Waals surface area contributed by atoms with E-state index in [-0.39, 0.29) is 17.9 Å². The minimum Gasteiger partial charge on any atom is -0.492 e. The van der Waals surface area contributed by atoms with Crippen LogP contribution in [0.25, 0.3) is 0 Å². The molecule has 0 amide bonds. The quantitative estimate of drug-likeness (QED) is 0.772. The molecule has 0 aromatic carbocycles. The fraction of sp³-hybridized carbons (Fsp3) is 0.444. The summed E-state index contributed by atoms with van der Waals surface area (Å²) in [6, 6.07) is 1.66. The van der Waals surface area contributed by atoms with Crippen molar-refractivity contribution in [1.29, 1.82) is 0 Å². The fourth-order valence-corrected chi connectivity index (χ4v) is 1.78. The van der Waals surface area contributed by atoms with Gasteiger partial charge in [-0.3, -0.25) is 4.39 Å². The summed E-state index contributed by atoms with van der Waals surface area (Å²) in [4.78, 5) is 11.8. The summed E-state index contributed by atoms with van der Waals surface area (Å²) in [6.45, 7) is 1.57. The SMILES string of the molecule is Cc1cc(OCCCF)c(C(=O)O)s1. The molecule has 0 saturated carbocycles. The van der Waals surface area contributed by atoms with Gasteiger partial charge in [-0.1, -0.05) is 0 Å². The van der Waals surface area contributed by atoms with Crippen molar-refractivity contribution in [3.05, 3.63) is 15.8 Å². The van der Waals surface area contributed by atoms with E-state index in [1.807, 2.05) is 0 Å². The van der Waals surface area contributed by atoms with Crippen molar-refractivity contribution in [2.75, 3.05) is 13.3 Å². The van der Waals surface area contributed by atoms with Gasteiger partial charge in [0, 0.05) is 11.3 Å². The first-order valence-corrected chi connectivity index (χ1v) is 4.99. The van der Waals surface area contributed by atoms with Crippen LogP contribution in [0.5, 0.6) is 5.75 Å². The lowest BCUT2D eigenvalue weighted by Crippen LogP contribution is -2.01. The van der Waals surface area contributed by atoms with Crippen LogP contribution in [0.3, 0.4) is 0 Å². The van der Waals surface area contributed by atoms with Gasteiger partial charge in [-0.05, 0) is 13.0 Å². The number of ether oxygens (including phenoxy) is 1. The molecule has 78 valence electrons. The third-order valence-electron chi connectivity index (χ3n) is 1.55. The Hall–Kier alpha value is -1.10. The minimum atomic E-state index is -1.00. The molecule has 1 N–H and O–H groups in total. The predicted octanol–water partition coefficient (Wildman–Crippen LogP) is 2.49. The van der Waals surface area contributed by atoms with Gasteiger partial charge in [-0.15, -0.1) is 11.3 Å². The maximum Gasteiger partial charge on any atom is 0.349 e. The van der Waals surface area contributed by atoms with Crippen LogP contribution in [-0.2, 0) is 0 Å². The standard InChI is InChI=1S/C9H11FO3S/c1-6-5-7(13-4-2-3-10)8(14-6)9(11)12/h5H,2-4H2,1H3,(H,11,12). The van der Waals surface area contributed by atoms with E-state index < -0.39 is 12.6 Å². The van der Waals surface area contributed by atoms with Crippen molar-refractivity contribution in [3.63, 3.8) is 0 Å². The Balaban J connectivity index is 2.69. The van der Waals surface area contributed by atoms with Gasteiger partial charge in [0.2, 0.25) is 0 Å². The summed E-state index contributed by atoms with van der Waals surface area (Å²) in [5.41, 5.74) is 0. The van der Waals surface area contributed by atoms with Gasteiger partial charge in [0.25, 0.3) is 0 Å². The van der Waals surface area contributed by atoms with Crippen LogP contribution in [0.4, 0.5) is 4.39 Å². The Bertz CT molecular complexity index is 322. The van der Waals surface area contributed by atoms with E-state index in [2.05, 4.69) is 0 Å². The van der Waals surface area contributed by atoms with Crippen LogP contribution < -0.4 is 4.74 Å². The van der Waals surface area contributed by atoms with Crippen molar-refractivity contribution >= 4 is 17.3 Å². The fourth-order valence-electron chi connectivity index (χ4n) is 0.984. The Morgan fingerprint density at radius 2 is 2.43 bits per heavy atom. The highest BCUT2D eigenvalue weighted by Crippen LogP contribution is 2.28. The normalized spacial score (nSPS) is 10.1. The van der Waals surface area contributed by atoms with Crippen molar-refractivity contribution in [2.45, 2.75) is 13.3 Å². The summed E-state index contributed by atoms with van der Waals surface area (Å²) in [5.74, 6) is -0.660. The van der Waals surface area contributed by atoms with E-state index in [0.29, 0.717) is 5.75 Å². The molecule has 1 aromatic heterocycles. The van der Waals surface area contributed by atoms with E-state index in [1.54, 1.807) is 13.0 Å². The molecule has 0 aliphatic heterocycles. The Kier molecular flexibility index (Phi) is 3.88. The third-order valence-corrected chi connectivity index (χ3v) is 2.57. The molecule has 0 aliphatic carbocycles. The summed E-state index contributed by atoms with van der Waals surface area (Å²) in [5, 5.41) is 8.79. The predicted molar refractivity (Wildman–Crippen MR) is 52.1 cm³/mol. The average Bonchev–Trinajstić information content (AvgIpc) is 2.47. The topological polar surface area (TPSA) is 46.5 Å². The Morgan fingerprint density at radius 3 is 3.00 bits per heavy atom. The second kappa shape index (κ2) is 4.95. The summed E-state index contributed by atoms with van der Waals surface area (Å²) in [7, 11) is 0. The van der Waals surface area contributed by atoms with Gasteiger partial charge >= 0.3 is 5.97 Å². The molecule has 0 saturated heterocycles. The number of hydrogen-bond donors (Lipinski definition) is 1. The highest BCUT2D eigenvalue weighted by molar-refractivity contribution is 7.14.